The van der Waals surface area contributed by atoms with Gasteiger partial charge in [-0.15, -0.1) is 0 Å². The molecular formula is C14H17BrN4O. The van der Waals surface area contributed by atoms with Crippen LogP contribution in [-0.4, -0.2) is 21.7 Å². The van der Waals surface area contributed by atoms with Crippen molar-refractivity contribution in [3.63, 3.8) is 0 Å². The van der Waals surface area contributed by atoms with Gasteiger partial charge in [-0.3, -0.25) is 0 Å². The van der Waals surface area contributed by atoms with Crippen LogP contribution in [0.5, 0.6) is 0 Å². The highest BCUT2D eigenvalue weighted by Crippen LogP contribution is 2.34. The van der Waals surface area contributed by atoms with Crippen LogP contribution in [0.1, 0.15) is 50.4 Å². The molecule has 6 heteroatoms. The van der Waals surface area contributed by atoms with E-state index in [1.54, 1.807) is 0 Å². The van der Waals surface area contributed by atoms with Gasteiger partial charge in [0, 0.05) is 23.1 Å². The van der Waals surface area contributed by atoms with Crippen molar-refractivity contribution in [2.24, 2.45) is 0 Å². The summed E-state index contributed by atoms with van der Waals surface area (Å²) in [5.74, 6) is 2.70. The molecule has 2 aromatic heterocycles. The molecule has 1 unspecified atom stereocenters. The van der Waals surface area contributed by atoms with Crippen LogP contribution in [0, 0.1) is 0 Å². The Morgan fingerprint density at radius 1 is 1.40 bits per heavy atom. The number of hydrogen-bond acceptors (Lipinski definition) is 5. The molecule has 0 spiro atoms. The highest BCUT2D eigenvalue weighted by Gasteiger charge is 2.31. The SMILES string of the molecule is CC(C)c1nc(C2CCCN2c2ccc(Br)cn2)no1. The lowest BCUT2D eigenvalue weighted by molar-refractivity contribution is 0.358. The smallest absolute Gasteiger partial charge is 0.229 e. The molecule has 20 heavy (non-hydrogen) atoms. The van der Waals surface area contributed by atoms with E-state index in [9.17, 15) is 0 Å². The van der Waals surface area contributed by atoms with Crippen LogP contribution in [0.2, 0.25) is 0 Å². The van der Waals surface area contributed by atoms with Crippen LogP contribution < -0.4 is 4.90 Å². The minimum atomic E-state index is 0.167. The third-order valence-corrected chi connectivity index (χ3v) is 3.98. The van der Waals surface area contributed by atoms with Crippen molar-refractivity contribution < 1.29 is 4.52 Å². The first-order valence-corrected chi connectivity index (χ1v) is 7.66. The standard InChI is InChI=1S/C14H17BrN4O/c1-9(2)14-17-13(18-20-14)11-4-3-7-19(11)12-6-5-10(15)8-16-12/h5-6,8-9,11H,3-4,7H2,1-2H3. The van der Waals surface area contributed by atoms with E-state index < -0.39 is 0 Å². The van der Waals surface area contributed by atoms with Gasteiger partial charge < -0.3 is 9.42 Å². The zero-order valence-electron chi connectivity index (χ0n) is 11.6. The second-order valence-corrected chi connectivity index (χ2v) is 6.25. The first-order valence-electron chi connectivity index (χ1n) is 6.87. The number of rotatable bonds is 3. The molecule has 0 saturated carbocycles. The predicted octanol–water partition coefficient (Wildman–Crippen LogP) is 3.69. The molecule has 0 amide bonds. The lowest BCUT2D eigenvalue weighted by Crippen LogP contribution is -2.24. The normalized spacial score (nSPS) is 19.0. The van der Waals surface area contributed by atoms with Crippen molar-refractivity contribution in [1.29, 1.82) is 0 Å². The van der Waals surface area contributed by atoms with Gasteiger partial charge in [0.05, 0.1) is 6.04 Å². The second kappa shape index (κ2) is 5.52. The maximum Gasteiger partial charge on any atom is 0.229 e. The van der Waals surface area contributed by atoms with Crippen LogP contribution in [0.3, 0.4) is 0 Å². The lowest BCUT2D eigenvalue weighted by Gasteiger charge is -2.23. The monoisotopic (exact) mass is 336 g/mol. The molecule has 1 saturated heterocycles. The fraction of sp³-hybridized carbons (Fsp3) is 0.500. The Kier molecular flexibility index (Phi) is 3.74. The molecule has 1 aliphatic heterocycles. The summed E-state index contributed by atoms with van der Waals surface area (Å²) in [6.07, 6.45) is 3.98. The highest BCUT2D eigenvalue weighted by atomic mass is 79.9. The molecule has 0 radical (unpaired) electrons. The quantitative estimate of drug-likeness (QED) is 0.855. The molecule has 3 rings (SSSR count). The van der Waals surface area contributed by atoms with Gasteiger partial charge in [-0.25, -0.2) is 4.98 Å². The molecule has 5 nitrogen and oxygen atoms in total. The molecule has 0 bridgehead atoms. The molecule has 1 fully saturated rings. The van der Waals surface area contributed by atoms with E-state index in [-0.39, 0.29) is 12.0 Å². The molecule has 1 aliphatic rings. The Morgan fingerprint density at radius 2 is 2.25 bits per heavy atom. The average molecular weight is 337 g/mol. The summed E-state index contributed by atoms with van der Waals surface area (Å²) in [5, 5.41) is 4.15. The van der Waals surface area contributed by atoms with Gasteiger partial charge >= 0.3 is 0 Å². The van der Waals surface area contributed by atoms with E-state index in [1.165, 1.54) is 0 Å². The summed E-state index contributed by atoms with van der Waals surface area (Å²) in [5.41, 5.74) is 0. The minimum absolute atomic E-state index is 0.167. The third-order valence-electron chi connectivity index (χ3n) is 3.51. The highest BCUT2D eigenvalue weighted by molar-refractivity contribution is 9.10. The van der Waals surface area contributed by atoms with E-state index in [0.717, 1.165) is 35.5 Å². The van der Waals surface area contributed by atoms with E-state index in [0.29, 0.717) is 5.89 Å². The van der Waals surface area contributed by atoms with Crippen LogP contribution in [0.25, 0.3) is 0 Å². The molecule has 2 aromatic rings. The fourth-order valence-corrected chi connectivity index (χ4v) is 2.70. The van der Waals surface area contributed by atoms with E-state index in [4.69, 9.17) is 4.52 Å². The topological polar surface area (TPSA) is 55.1 Å². The third kappa shape index (κ3) is 2.57. The average Bonchev–Trinajstić information content (AvgIpc) is 3.08. The molecule has 0 N–H and O–H groups in total. The largest absolute Gasteiger partial charge is 0.346 e. The van der Waals surface area contributed by atoms with Crippen molar-refractivity contribution in [3.05, 3.63) is 34.5 Å². The van der Waals surface area contributed by atoms with Gasteiger partial charge in [-0.1, -0.05) is 19.0 Å². The van der Waals surface area contributed by atoms with Crippen LogP contribution in [0.15, 0.2) is 27.3 Å². The van der Waals surface area contributed by atoms with Crippen molar-refractivity contribution in [3.8, 4) is 0 Å². The number of anilines is 1. The second-order valence-electron chi connectivity index (χ2n) is 5.33. The maximum atomic E-state index is 5.33. The van der Waals surface area contributed by atoms with Crippen LogP contribution >= 0.6 is 15.9 Å². The van der Waals surface area contributed by atoms with E-state index in [2.05, 4.69) is 49.8 Å². The maximum absolute atomic E-state index is 5.33. The van der Waals surface area contributed by atoms with Crippen molar-refractivity contribution >= 4 is 21.7 Å². The fourth-order valence-electron chi connectivity index (χ4n) is 2.46. The predicted molar refractivity (Wildman–Crippen MR) is 79.6 cm³/mol. The minimum Gasteiger partial charge on any atom is -0.346 e. The summed E-state index contributed by atoms with van der Waals surface area (Å²) in [4.78, 5) is 11.3. The number of nitrogens with zero attached hydrogens (tertiary/aromatic N) is 4. The summed E-state index contributed by atoms with van der Waals surface area (Å²) >= 11 is 3.41. The Bertz CT molecular complexity index is 581. The van der Waals surface area contributed by atoms with Gasteiger partial charge in [-0.2, -0.15) is 4.98 Å². The molecule has 106 valence electrons. The Morgan fingerprint density at radius 3 is 2.90 bits per heavy atom. The number of pyridine rings is 1. The van der Waals surface area contributed by atoms with Gasteiger partial charge in [0.15, 0.2) is 5.82 Å². The van der Waals surface area contributed by atoms with Crippen molar-refractivity contribution in [1.82, 2.24) is 15.1 Å². The molecule has 0 aromatic carbocycles. The van der Waals surface area contributed by atoms with Crippen molar-refractivity contribution in [2.45, 2.75) is 38.6 Å². The molecule has 0 aliphatic carbocycles. The lowest BCUT2D eigenvalue weighted by atomic mass is 10.2. The number of hydrogen-bond donors (Lipinski definition) is 0. The van der Waals surface area contributed by atoms with Gasteiger partial charge in [-0.05, 0) is 40.9 Å². The van der Waals surface area contributed by atoms with Crippen LogP contribution in [0.4, 0.5) is 5.82 Å². The summed E-state index contributed by atoms with van der Waals surface area (Å²) < 4.78 is 6.31. The number of aromatic nitrogens is 3. The van der Waals surface area contributed by atoms with E-state index >= 15 is 0 Å². The van der Waals surface area contributed by atoms with Gasteiger partial charge in [0.25, 0.3) is 0 Å². The molecule has 1 atom stereocenters. The molecule has 3 heterocycles. The summed E-state index contributed by atoms with van der Waals surface area (Å²) in [7, 11) is 0. The summed E-state index contributed by atoms with van der Waals surface area (Å²) in [6, 6.07) is 4.19. The first kappa shape index (κ1) is 13.5. The van der Waals surface area contributed by atoms with Crippen molar-refractivity contribution in [2.75, 3.05) is 11.4 Å². The zero-order valence-corrected chi connectivity index (χ0v) is 13.2. The van der Waals surface area contributed by atoms with Gasteiger partial charge in [0.1, 0.15) is 5.82 Å². The Balaban J connectivity index is 1.86. The summed E-state index contributed by atoms with van der Waals surface area (Å²) in [6.45, 7) is 5.09. The Hall–Kier alpha value is -1.43. The zero-order chi connectivity index (χ0) is 14.1. The Labute approximate surface area is 126 Å². The molecular weight excluding hydrogens is 320 g/mol. The van der Waals surface area contributed by atoms with Gasteiger partial charge in [0.2, 0.25) is 5.89 Å². The number of halogens is 1. The van der Waals surface area contributed by atoms with Crippen LogP contribution in [-0.2, 0) is 0 Å². The van der Waals surface area contributed by atoms with E-state index in [1.807, 2.05) is 18.3 Å². The first-order chi connectivity index (χ1) is 9.65.